The van der Waals surface area contributed by atoms with E-state index in [2.05, 4.69) is 5.32 Å². The Bertz CT molecular complexity index is 633. The molecule has 20 heavy (non-hydrogen) atoms. The van der Waals surface area contributed by atoms with Crippen molar-refractivity contribution in [3.63, 3.8) is 0 Å². The first kappa shape index (κ1) is 13.3. The van der Waals surface area contributed by atoms with Gasteiger partial charge in [0.2, 0.25) is 0 Å². The normalized spacial score (nSPS) is 14.6. The zero-order chi connectivity index (χ0) is 14.1. The standard InChI is InChI=1S/C17H17F2N/c1-11-8-12(2-6-16(11)18)13-3-7-17(19)14(9-13)10-20-15-4-5-15/h2-3,6-9,15,20H,4-5,10H2,1H3. The molecule has 0 aliphatic heterocycles. The van der Waals surface area contributed by atoms with Crippen LogP contribution in [0.4, 0.5) is 8.78 Å². The quantitative estimate of drug-likeness (QED) is 0.880. The van der Waals surface area contributed by atoms with Crippen molar-refractivity contribution in [2.75, 3.05) is 0 Å². The summed E-state index contributed by atoms with van der Waals surface area (Å²) in [5.74, 6) is -0.410. The van der Waals surface area contributed by atoms with Gasteiger partial charge in [-0.15, -0.1) is 0 Å². The van der Waals surface area contributed by atoms with Gasteiger partial charge in [0.25, 0.3) is 0 Å². The Hall–Kier alpha value is -1.74. The predicted molar refractivity (Wildman–Crippen MR) is 76.4 cm³/mol. The Morgan fingerprint density at radius 2 is 1.65 bits per heavy atom. The molecule has 1 aliphatic carbocycles. The summed E-state index contributed by atoms with van der Waals surface area (Å²) >= 11 is 0. The molecule has 0 aromatic heterocycles. The molecule has 0 saturated heterocycles. The molecule has 0 spiro atoms. The summed E-state index contributed by atoms with van der Waals surface area (Å²) in [7, 11) is 0. The van der Waals surface area contributed by atoms with Gasteiger partial charge in [-0.3, -0.25) is 0 Å². The van der Waals surface area contributed by atoms with E-state index in [4.69, 9.17) is 0 Å². The van der Waals surface area contributed by atoms with Crippen LogP contribution in [0.3, 0.4) is 0 Å². The lowest BCUT2D eigenvalue weighted by Crippen LogP contribution is -2.16. The van der Waals surface area contributed by atoms with Crippen LogP contribution >= 0.6 is 0 Å². The maximum absolute atomic E-state index is 13.8. The summed E-state index contributed by atoms with van der Waals surface area (Å²) in [5, 5.41) is 3.31. The van der Waals surface area contributed by atoms with Crippen LogP contribution in [0.1, 0.15) is 24.0 Å². The van der Waals surface area contributed by atoms with Crippen LogP contribution < -0.4 is 5.32 Å². The number of halogens is 2. The molecule has 1 saturated carbocycles. The van der Waals surface area contributed by atoms with Gasteiger partial charge in [0.15, 0.2) is 0 Å². The minimum atomic E-state index is -0.216. The first-order valence-electron chi connectivity index (χ1n) is 6.92. The second-order valence-electron chi connectivity index (χ2n) is 5.43. The fourth-order valence-electron chi connectivity index (χ4n) is 2.26. The minimum Gasteiger partial charge on any atom is -0.310 e. The number of rotatable bonds is 4. The van der Waals surface area contributed by atoms with Crippen molar-refractivity contribution in [3.05, 3.63) is 59.2 Å². The van der Waals surface area contributed by atoms with Crippen LogP contribution in [0, 0.1) is 18.6 Å². The first-order chi connectivity index (χ1) is 9.63. The predicted octanol–water partition coefficient (Wildman–Crippen LogP) is 4.19. The molecule has 2 aromatic rings. The molecule has 104 valence electrons. The molecule has 1 fully saturated rings. The summed E-state index contributed by atoms with van der Waals surface area (Å²) < 4.78 is 27.1. The zero-order valence-corrected chi connectivity index (χ0v) is 11.4. The van der Waals surface area contributed by atoms with E-state index in [1.165, 1.54) is 25.0 Å². The fraction of sp³-hybridized carbons (Fsp3) is 0.294. The smallest absolute Gasteiger partial charge is 0.127 e. The molecule has 1 N–H and O–H groups in total. The van der Waals surface area contributed by atoms with E-state index in [1.807, 2.05) is 6.07 Å². The number of aryl methyl sites for hydroxylation is 1. The van der Waals surface area contributed by atoms with Crippen molar-refractivity contribution in [2.45, 2.75) is 32.4 Å². The van der Waals surface area contributed by atoms with Crippen molar-refractivity contribution in [3.8, 4) is 11.1 Å². The van der Waals surface area contributed by atoms with Crippen LogP contribution in [-0.2, 0) is 6.54 Å². The van der Waals surface area contributed by atoms with Crippen molar-refractivity contribution in [1.29, 1.82) is 0 Å². The fourth-order valence-corrected chi connectivity index (χ4v) is 2.26. The van der Waals surface area contributed by atoms with Crippen molar-refractivity contribution >= 4 is 0 Å². The summed E-state index contributed by atoms with van der Waals surface area (Å²) in [6, 6.07) is 10.6. The molecular weight excluding hydrogens is 256 g/mol. The van der Waals surface area contributed by atoms with Gasteiger partial charge in [0.1, 0.15) is 11.6 Å². The average molecular weight is 273 g/mol. The van der Waals surface area contributed by atoms with Gasteiger partial charge >= 0.3 is 0 Å². The molecular formula is C17H17F2N. The number of nitrogens with one attached hydrogen (secondary N) is 1. The summed E-state index contributed by atoms with van der Waals surface area (Å²) in [6.07, 6.45) is 2.36. The zero-order valence-electron chi connectivity index (χ0n) is 11.4. The molecule has 3 rings (SSSR count). The van der Waals surface area contributed by atoms with E-state index in [-0.39, 0.29) is 11.6 Å². The highest BCUT2D eigenvalue weighted by molar-refractivity contribution is 5.65. The van der Waals surface area contributed by atoms with E-state index in [9.17, 15) is 8.78 Å². The maximum atomic E-state index is 13.8. The topological polar surface area (TPSA) is 12.0 Å². The molecule has 3 heteroatoms. The molecule has 2 aromatic carbocycles. The summed E-state index contributed by atoms with van der Waals surface area (Å²) in [5.41, 5.74) is 3.10. The lowest BCUT2D eigenvalue weighted by Gasteiger charge is -2.09. The molecule has 0 heterocycles. The molecule has 0 bridgehead atoms. The molecule has 0 unspecified atom stereocenters. The van der Waals surface area contributed by atoms with Gasteiger partial charge in [-0.05, 0) is 60.7 Å². The second-order valence-corrected chi connectivity index (χ2v) is 5.43. The Labute approximate surface area is 117 Å². The van der Waals surface area contributed by atoms with Crippen molar-refractivity contribution < 1.29 is 8.78 Å². The van der Waals surface area contributed by atoms with Crippen LogP contribution in [0.2, 0.25) is 0 Å². The third kappa shape index (κ3) is 2.88. The highest BCUT2D eigenvalue weighted by Crippen LogP contribution is 2.25. The van der Waals surface area contributed by atoms with E-state index in [1.54, 1.807) is 25.1 Å². The Morgan fingerprint density at radius 1 is 1.00 bits per heavy atom. The van der Waals surface area contributed by atoms with Gasteiger partial charge < -0.3 is 5.32 Å². The monoisotopic (exact) mass is 273 g/mol. The lowest BCUT2D eigenvalue weighted by atomic mass is 10.0. The van der Waals surface area contributed by atoms with Crippen LogP contribution in [0.25, 0.3) is 11.1 Å². The number of hydrogen-bond acceptors (Lipinski definition) is 1. The van der Waals surface area contributed by atoms with Crippen molar-refractivity contribution in [2.24, 2.45) is 0 Å². The molecule has 0 atom stereocenters. The summed E-state index contributed by atoms with van der Waals surface area (Å²) in [6.45, 7) is 2.28. The van der Waals surface area contributed by atoms with Crippen LogP contribution in [-0.4, -0.2) is 6.04 Å². The molecule has 0 radical (unpaired) electrons. The Balaban J connectivity index is 1.88. The third-order valence-electron chi connectivity index (χ3n) is 3.70. The number of benzene rings is 2. The lowest BCUT2D eigenvalue weighted by molar-refractivity contribution is 0.587. The Kier molecular flexibility index (Phi) is 3.53. The van der Waals surface area contributed by atoms with Crippen molar-refractivity contribution in [1.82, 2.24) is 5.32 Å². The van der Waals surface area contributed by atoms with Crippen LogP contribution in [0.15, 0.2) is 36.4 Å². The van der Waals surface area contributed by atoms with Gasteiger partial charge in [0.05, 0.1) is 0 Å². The van der Waals surface area contributed by atoms with Gasteiger partial charge in [-0.2, -0.15) is 0 Å². The highest BCUT2D eigenvalue weighted by atomic mass is 19.1. The first-order valence-corrected chi connectivity index (χ1v) is 6.92. The minimum absolute atomic E-state index is 0.194. The van der Waals surface area contributed by atoms with Gasteiger partial charge in [-0.25, -0.2) is 8.78 Å². The summed E-state index contributed by atoms with van der Waals surface area (Å²) in [4.78, 5) is 0. The van der Waals surface area contributed by atoms with Gasteiger partial charge in [0, 0.05) is 18.2 Å². The Morgan fingerprint density at radius 3 is 2.30 bits per heavy atom. The van der Waals surface area contributed by atoms with Gasteiger partial charge in [-0.1, -0.05) is 12.1 Å². The average Bonchev–Trinajstić information content (AvgIpc) is 3.25. The number of hydrogen-bond donors (Lipinski definition) is 1. The van der Waals surface area contributed by atoms with E-state index < -0.39 is 0 Å². The third-order valence-corrected chi connectivity index (χ3v) is 3.70. The SMILES string of the molecule is Cc1cc(-c2ccc(F)c(CNC3CC3)c2)ccc1F. The largest absolute Gasteiger partial charge is 0.310 e. The molecule has 1 aliphatic rings. The highest BCUT2D eigenvalue weighted by Gasteiger charge is 2.20. The molecule has 0 amide bonds. The van der Waals surface area contributed by atoms with E-state index in [0.29, 0.717) is 23.7 Å². The molecule has 1 nitrogen and oxygen atoms in total. The maximum Gasteiger partial charge on any atom is 0.127 e. The van der Waals surface area contributed by atoms with E-state index in [0.717, 1.165) is 11.1 Å². The second kappa shape index (κ2) is 5.33. The van der Waals surface area contributed by atoms with Crippen LogP contribution in [0.5, 0.6) is 0 Å². The van der Waals surface area contributed by atoms with E-state index >= 15 is 0 Å².